The first kappa shape index (κ1) is 21.2. The molecule has 2 unspecified atom stereocenters. The average molecular weight is 377 g/mol. The second kappa shape index (κ2) is 8.28. The van der Waals surface area contributed by atoms with Crippen LogP contribution in [0.1, 0.15) is 30.5 Å². The van der Waals surface area contributed by atoms with Crippen LogP contribution >= 0.6 is 0 Å². The molecular formula is C22H26F3NO. The number of aliphatic hydroxyl groups is 1. The van der Waals surface area contributed by atoms with Crippen LogP contribution in [-0.2, 0) is 11.8 Å². The molecule has 0 saturated heterocycles. The Morgan fingerprint density at radius 1 is 1.04 bits per heavy atom. The molecule has 27 heavy (non-hydrogen) atoms. The molecule has 0 fully saturated rings. The van der Waals surface area contributed by atoms with Crippen molar-refractivity contribution in [2.24, 2.45) is 5.92 Å². The average Bonchev–Trinajstić information content (AvgIpc) is 2.60. The van der Waals surface area contributed by atoms with Crippen molar-refractivity contribution >= 4 is 6.08 Å². The third-order valence-electron chi connectivity index (χ3n) is 4.77. The Balaban J connectivity index is 2.59. The van der Waals surface area contributed by atoms with Gasteiger partial charge >= 0.3 is 6.18 Å². The van der Waals surface area contributed by atoms with E-state index < -0.39 is 17.3 Å². The van der Waals surface area contributed by atoms with Gasteiger partial charge in [0.15, 0.2) is 0 Å². The second-order valence-electron chi connectivity index (χ2n) is 7.25. The molecule has 0 spiro atoms. The molecule has 1 N–H and O–H groups in total. The fourth-order valence-corrected chi connectivity index (χ4v) is 3.42. The first-order valence-electron chi connectivity index (χ1n) is 8.83. The van der Waals surface area contributed by atoms with Gasteiger partial charge in [-0.3, -0.25) is 0 Å². The molecule has 0 aliphatic rings. The lowest BCUT2D eigenvalue weighted by Gasteiger charge is -2.37. The topological polar surface area (TPSA) is 23.5 Å². The van der Waals surface area contributed by atoms with Gasteiger partial charge in [0, 0.05) is 12.5 Å². The third-order valence-corrected chi connectivity index (χ3v) is 4.77. The van der Waals surface area contributed by atoms with Gasteiger partial charge in [-0.15, -0.1) is 0 Å². The molecule has 2 nitrogen and oxygen atoms in total. The van der Waals surface area contributed by atoms with Crippen LogP contribution in [0.25, 0.3) is 6.08 Å². The van der Waals surface area contributed by atoms with Crippen LogP contribution in [0.15, 0.2) is 60.2 Å². The lowest BCUT2D eigenvalue weighted by atomic mass is 9.76. The highest BCUT2D eigenvalue weighted by Gasteiger charge is 2.39. The molecule has 2 rings (SSSR count). The fraction of sp³-hybridized carbons (Fsp3) is 0.364. The molecule has 2 aromatic carbocycles. The lowest BCUT2D eigenvalue weighted by Crippen LogP contribution is -2.40. The summed E-state index contributed by atoms with van der Waals surface area (Å²) < 4.78 is 39.6. The van der Waals surface area contributed by atoms with Gasteiger partial charge in [0.1, 0.15) is 5.60 Å². The van der Waals surface area contributed by atoms with E-state index in [4.69, 9.17) is 0 Å². The largest absolute Gasteiger partial charge is 0.416 e. The summed E-state index contributed by atoms with van der Waals surface area (Å²) in [5, 5.41) is 11.7. The standard InChI is InChI=1S/C22H26F3NO/c1-16(13-18-9-6-5-7-10-18)21(27,17(2)15-26(3)4)19-11-8-12-20(14-19)22(23,24)25/h5-14,17,27H,15H2,1-4H3. The molecule has 5 heteroatoms. The highest BCUT2D eigenvalue weighted by atomic mass is 19.4. The minimum absolute atomic E-state index is 0.247. The van der Waals surface area contributed by atoms with Gasteiger partial charge in [0.2, 0.25) is 0 Å². The van der Waals surface area contributed by atoms with Gasteiger partial charge in [-0.05, 0) is 49.9 Å². The summed E-state index contributed by atoms with van der Waals surface area (Å²) in [6.07, 6.45) is -2.63. The molecule has 0 radical (unpaired) electrons. The number of hydrogen-bond acceptors (Lipinski definition) is 2. The van der Waals surface area contributed by atoms with Crippen molar-refractivity contribution in [2.75, 3.05) is 20.6 Å². The Kier molecular flexibility index (Phi) is 6.50. The summed E-state index contributed by atoms with van der Waals surface area (Å²) in [5.74, 6) is -0.323. The van der Waals surface area contributed by atoms with E-state index in [0.717, 1.165) is 17.7 Å². The van der Waals surface area contributed by atoms with Gasteiger partial charge in [0.05, 0.1) is 5.56 Å². The zero-order valence-electron chi connectivity index (χ0n) is 16.1. The molecule has 0 heterocycles. The predicted molar refractivity (Wildman–Crippen MR) is 103 cm³/mol. The zero-order chi connectivity index (χ0) is 20.2. The zero-order valence-corrected chi connectivity index (χ0v) is 16.1. The highest BCUT2D eigenvalue weighted by molar-refractivity contribution is 5.56. The molecule has 146 valence electrons. The molecule has 0 saturated carbocycles. The summed E-state index contributed by atoms with van der Waals surface area (Å²) >= 11 is 0. The first-order valence-corrected chi connectivity index (χ1v) is 8.83. The van der Waals surface area contributed by atoms with Crippen LogP contribution in [0, 0.1) is 5.92 Å². The van der Waals surface area contributed by atoms with Crippen LogP contribution in [0.5, 0.6) is 0 Å². The number of nitrogens with zero attached hydrogens (tertiary/aromatic N) is 1. The molecule has 0 aromatic heterocycles. The number of alkyl halides is 3. The van der Waals surface area contributed by atoms with E-state index in [1.54, 1.807) is 13.0 Å². The predicted octanol–water partition coefficient (Wildman–Crippen LogP) is 5.19. The van der Waals surface area contributed by atoms with Gasteiger partial charge < -0.3 is 10.0 Å². The van der Waals surface area contributed by atoms with Crippen LogP contribution in [-0.4, -0.2) is 30.6 Å². The summed E-state index contributed by atoms with van der Waals surface area (Å²) in [6, 6.07) is 14.4. The van der Waals surface area contributed by atoms with Crippen molar-refractivity contribution in [3.63, 3.8) is 0 Å². The van der Waals surface area contributed by atoms with E-state index in [0.29, 0.717) is 12.1 Å². The summed E-state index contributed by atoms with van der Waals surface area (Å²) in [5.41, 5.74) is -0.555. The molecule has 0 aliphatic carbocycles. The van der Waals surface area contributed by atoms with E-state index in [1.807, 2.05) is 62.3 Å². The molecule has 2 atom stereocenters. The Morgan fingerprint density at radius 2 is 1.63 bits per heavy atom. The minimum atomic E-state index is -4.46. The summed E-state index contributed by atoms with van der Waals surface area (Å²) in [6.45, 7) is 4.13. The molecule has 2 aromatic rings. The molecule has 0 aliphatic heterocycles. The summed E-state index contributed by atoms with van der Waals surface area (Å²) in [4.78, 5) is 1.92. The van der Waals surface area contributed by atoms with E-state index in [-0.39, 0.29) is 11.5 Å². The van der Waals surface area contributed by atoms with Crippen molar-refractivity contribution < 1.29 is 18.3 Å². The van der Waals surface area contributed by atoms with Crippen molar-refractivity contribution in [1.82, 2.24) is 4.90 Å². The van der Waals surface area contributed by atoms with E-state index in [1.165, 1.54) is 6.07 Å². The van der Waals surface area contributed by atoms with Gasteiger partial charge in [0.25, 0.3) is 0 Å². The maximum atomic E-state index is 13.2. The van der Waals surface area contributed by atoms with Crippen molar-refractivity contribution in [2.45, 2.75) is 25.6 Å². The number of benzene rings is 2. The van der Waals surface area contributed by atoms with Crippen molar-refractivity contribution in [3.05, 3.63) is 76.9 Å². The van der Waals surface area contributed by atoms with Crippen LogP contribution in [0.2, 0.25) is 0 Å². The Labute approximate surface area is 158 Å². The Bertz CT molecular complexity index is 784. The fourth-order valence-electron chi connectivity index (χ4n) is 3.42. The number of halogens is 3. The Hall–Kier alpha value is -2.11. The van der Waals surface area contributed by atoms with Crippen molar-refractivity contribution in [3.8, 4) is 0 Å². The van der Waals surface area contributed by atoms with Crippen LogP contribution in [0.4, 0.5) is 13.2 Å². The maximum Gasteiger partial charge on any atom is 0.416 e. The second-order valence-corrected chi connectivity index (χ2v) is 7.25. The number of hydrogen-bond donors (Lipinski definition) is 1. The normalized spacial score (nSPS) is 16.3. The summed E-state index contributed by atoms with van der Waals surface area (Å²) in [7, 11) is 3.75. The monoisotopic (exact) mass is 377 g/mol. The van der Waals surface area contributed by atoms with E-state index in [9.17, 15) is 18.3 Å². The highest BCUT2D eigenvalue weighted by Crippen LogP contribution is 2.40. The quantitative estimate of drug-likeness (QED) is 0.748. The van der Waals surface area contributed by atoms with E-state index >= 15 is 0 Å². The molecular weight excluding hydrogens is 351 g/mol. The minimum Gasteiger partial charge on any atom is -0.380 e. The molecule has 0 bridgehead atoms. The van der Waals surface area contributed by atoms with Gasteiger partial charge in [-0.1, -0.05) is 55.5 Å². The number of rotatable bonds is 6. The van der Waals surface area contributed by atoms with E-state index in [2.05, 4.69) is 0 Å². The lowest BCUT2D eigenvalue weighted by molar-refractivity contribution is -0.137. The van der Waals surface area contributed by atoms with Crippen LogP contribution in [0.3, 0.4) is 0 Å². The van der Waals surface area contributed by atoms with Crippen LogP contribution < -0.4 is 0 Å². The van der Waals surface area contributed by atoms with Gasteiger partial charge in [-0.2, -0.15) is 13.2 Å². The maximum absolute atomic E-state index is 13.2. The Morgan fingerprint density at radius 3 is 2.19 bits per heavy atom. The molecule has 0 amide bonds. The SMILES string of the molecule is CC(=Cc1ccccc1)C(O)(c1cccc(C(F)(F)F)c1)C(C)CN(C)C. The van der Waals surface area contributed by atoms with Crippen molar-refractivity contribution in [1.29, 1.82) is 0 Å². The van der Waals surface area contributed by atoms with Gasteiger partial charge in [-0.25, -0.2) is 0 Å². The first-order chi connectivity index (χ1) is 12.5. The smallest absolute Gasteiger partial charge is 0.380 e. The third kappa shape index (κ3) is 4.99.